The Morgan fingerprint density at radius 2 is 1.91 bits per heavy atom. The van der Waals surface area contributed by atoms with Crippen LogP contribution in [0.4, 0.5) is 0 Å². The fraction of sp³-hybridized carbons (Fsp3) is 0.885. The predicted molar refractivity (Wildman–Crippen MR) is 121 cm³/mol. The Bertz CT molecular complexity index is 739. The number of esters is 2. The summed E-state index contributed by atoms with van der Waals surface area (Å²) in [6.45, 7) is 14.0. The van der Waals surface area contributed by atoms with E-state index >= 15 is 0 Å². The molecular weight excluding hydrogens is 408 g/mol. The number of cyclic esters (lactones) is 1. The molecule has 0 bridgehead atoms. The van der Waals surface area contributed by atoms with Crippen molar-refractivity contribution >= 4 is 17.7 Å². The lowest BCUT2D eigenvalue weighted by Gasteiger charge is -2.43. The van der Waals surface area contributed by atoms with Gasteiger partial charge in [-0.1, -0.05) is 34.6 Å². The van der Waals surface area contributed by atoms with Crippen LogP contribution in [0.25, 0.3) is 0 Å². The number of ether oxygens (including phenoxy) is 3. The molecule has 3 fully saturated rings. The Morgan fingerprint density at radius 1 is 1.22 bits per heavy atom. The minimum absolute atomic E-state index is 0.0212. The SMILES string of the molecule is CC(=O)OC[C@H](C[C@@H](C)[C@H]1CCC2C(=O)CCC[C@@]21C)C[C@@]1(C)O[C@H](C(C)(C)C)OC1=O. The molecule has 0 radical (unpaired) electrons. The maximum Gasteiger partial charge on any atom is 0.340 e. The van der Waals surface area contributed by atoms with Gasteiger partial charge in [-0.15, -0.1) is 0 Å². The Morgan fingerprint density at radius 3 is 2.50 bits per heavy atom. The summed E-state index contributed by atoms with van der Waals surface area (Å²) >= 11 is 0. The molecule has 2 saturated carbocycles. The molecule has 1 heterocycles. The van der Waals surface area contributed by atoms with Gasteiger partial charge in [-0.25, -0.2) is 4.79 Å². The number of rotatable bonds is 7. The summed E-state index contributed by atoms with van der Waals surface area (Å²) in [7, 11) is 0. The molecule has 32 heavy (non-hydrogen) atoms. The van der Waals surface area contributed by atoms with E-state index in [1.54, 1.807) is 6.92 Å². The molecule has 0 aromatic carbocycles. The average Bonchev–Trinajstić information content (AvgIpc) is 3.17. The van der Waals surface area contributed by atoms with Crippen molar-refractivity contribution in [2.75, 3.05) is 6.61 Å². The molecule has 6 heteroatoms. The molecule has 3 aliphatic rings. The van der Waals surface area contributed by atoms with Crippen LogP contribution in [0.2, 0.25) is 0 Å². The molecular formula is C26H42O6. The average molecular weight is 451 g/mol. The smallest absolute Gasteiger partial charge is 0.340 e. The van der Waals surface area contributed by atoms with Gasteiger partial charge in [0.05, 0.1) is 6.61 Å². The van der Waals surface area contributed by atoms with Crippen molar-refractivity contribution in [1.29, 1.82) is 0 Å². The van der Waals surface area contributed by atoms with Crippen LogP contribution in [0.5, 0.6) is 0 Å². The topological polar surface area (TPSA) is 78.9 Å². The van der Waals surface area contributed by atoms with Crippen molar-refractivity contribution in [2.24, 2.45) is 34.5 Å². The van der Waals surface area contributed by atoms with Gasteiger partial charge >= 0.3 is 11.9 Å². The van der Waals surface area contributed by atoms with Crippen LogP contribution in [-0.4, -0.2) is 36.2 Å². The summed E-state index contributed by atoms with van der Waals surface area (Å²) in [6, 6.07) is 0. The first-order valence-corrected chi connectivity index (χ1v) is 12.3. The quantitative estimate of drug-likeness (QED) is 0.504. The molecule has 0 aromatic rings. The zero-order valence-corrected chi connectivity index (χ0v) is 21.0. The third-order valence-electron chi connectivity index (χ3n) is 8.25. The maximum absolute atomic E-state index is 12.8. The molecule has 0 N–H and O–H groups in total. The van der Waals surface area contributed by atoms with Gasteiger partial charge in [0.2, 0.25) is 6.29 Å². The normalized spacial score (nSPS) is 37.0. The highest BCUT2D eigenvalue weighted by molar-refractivity contribution is 5.83. The van der Waals surface area contributed by atoms with E-state index in [9.17, 15) is 14.4 Å². The highest BCUT2D eigenvalue weighted by Gasteiger charge is 2.54. The highest BCUT2D eigenvalue weighted by Crippen LogP contribution is 2.57. The van der Waals surface area contributed by atoms with Gasteiger partial charge in [0, 0.05) is 24.7 Å². The summed E-state index contributed by atoms with van der Waals surface area (Å²) in [6.07, 6.45) is 5.54. The number of hydrogen-bond acceptors (Lipinski definition) is 6. The van der Waals surface area contributed by atoms with Crippen LogP contribution in [0.1, 0.15) is 93.4 Å². The number of carbonyl (C=O) groups excluding carboxylic acids is 3. The fourth-order valence-corrected chi connectivity index (χ4v) is 6.61. The van der Waals surface area contributed by atoms with E-state index in [1.807, 2.05) is 20.8 Å². The second-order valence-corrected chi connectivity index (χ2v) is 12.1. The molecule has 2 aliphatic carbocycles. The lowest BCUT2D eigenvalue weighted by molar-refractivity contribution is -0.157. The largest absolute Gasteiger partial charge is 0.466 e. The number of fused-ring (bicyclic) bond motifs is 1. The maximum atomic E-state index is 12.8. The predicted octanol–water partition coefficient (Wildman–Crippen LogP) is 5.07. The monoisotopic (exact) mass is 450 g/mol. The lowest BCUT2D eigenvalue weighted by Crippen LogP contribution is -2.41. The molecule has 1 aliphatic heterocycles. The highest BCUT2D eigenvalue weighted by atomic mass is 16.8. The molecule has 6 nitrogen and oxygen atoms in total. The molecule has 0 spiro atoms. The Labute approximate surface area is 193 Å². The van der Waals surface area contributed by atoms with Crippen molar-refractivity contribution in [2.45, 2.75) is 105 Å². The Hall–Kier alpha value is -1.43. The van der Waals surface area contributed by atoms with Crippen LogP contribution < -0.4 is 0 Å². The zero-order chi connectivity index (χ0) is 23.9. The number of ketones is 1. The molecule has 1 unspecified atom stereocenters. The summed E-state index contributed by atoms with van der Waals surface area (Å²) in [5.74, 6) is 0.762. The Balaban J connectivity index is 1.73. The van der Waals surface area contributed by atoms with Crippen molar-refractivity contribution in [1.82, 2.24) is 0 Å². The summed E-state index contributed by atoms with van der Waals surface area (Å²) in [5, 5.41) is 0. The van der Waals surface area contributed by atoms with E-state index in [0.29, 0.717) is 24.0 Å². The van der Waals surface area contributed by atoms with E-state index in [1.165, 1.54) is 6.92 Å². The Kier molecular flexibility index (Phi) is 7.15. The lowest BCUT2D eigenvalue weighted by atomic mass is 9.61. The third-order valence-corrected chi connectivity index (χ3v) is 8.25. The second-order valence-electron chi connectivity index (χ2n) is 12.1. The van der Waals surface area contributed by atoms with E-state index in [-0.39, 0.29) is 41.2 Å². The van der Waals surface area contributed by atoms with E-state index in [4.69, 9.17) is 14.2 Å². The minimum Gasteiger partial charge on any atom is -0.466 e. The van der Waals surface area contributed by atoms with Gasteiger partial charge in [0.15, 0.2) is 5.60 Å². The number of Topliss-reactive ketones (excluding diaryl/α,β-unsaturated/α-hetero) is 1. The van der Waals surface area contributed by atoms with Crippen molar-refractivity contribution < 1.29 is 28.6 Å². The van der Waals surface area contributed by atoms with Gasteiger partial charge in [0.1, 0.15) is 5.78 Å². The van der Waals surface area contributed by atoms with Crippen molar-refractivity contribution in [3.05, 3.63) is 0 Å². The number of hydrogen-bond donors (Lipinski definition) is 0. The van der Waals surface area contributed by atoms with Gasteiger partial charge < -0.3 is 14.2 Å². The van der Waals surface area contributed by atoms with Crippen LogP contribution in [0.15, 0.2) is 0 Å². The van der Waals surface area contributed by atoms with Gasteiger partial charge in [-0.05, 0) is 68.6 Å². The molecule has 7 atom stereocenters. The third kappa shape index (κ3) is 5.05. The standard InChI is InChI=1S/C26H42O6/c1-16(19-10-11-20-21(28)9-8-12-25(19,20)6)13-18(15-30-17(2)27)14-26(7)22(29)31-23(32-26)24(3,4)5/h16,18-20,23H,8-15H2,1-7H3/t16-,18-,19-,20?,23-,25-,26-/m1/s1. The van der Waals surface area contributed by atoms with Crippen LogP contribution >= 0.6 is 0 Å². The molecule has 0 aromatic heterocycles. The summed E-state index contributed by atoms with van der Waals surface area (Å²) < 4.78 is 17.1. The van der Waals surface area contributed by atoms with Gasteiger partial charge in [0.25, 0.3) is 0 Å². The van der Waals surface area contributed by atoms with Crippen molar-refractivity contribution in [3.63, 3.8) is 0 Å². The van der Waals surface area contributed by atoms with E-state index in [0.717, 1.165) is 38.5 Å². The first-order valence-electron chi connectivity index (χ1n) is 12.3. The first-order chi connectivity index (χ1) is 14.8. The summed E-state index contributed by atoms with van der Waals surface area (Å²) in [4.78, 5) is 36.8. The summed E-state index contributed by atoms with van der Waals surface area (Å²) in [5.41, 5.74) is -1.30. The van der Waals surface area contributed by atoms with Gasteiger partial charge in [-0.2, -0.15) is 0 Å². The van der Waals surface area contributed by atoms with Crippen LogP contribution in [0, 0.1) is 34.5 Å². The van der Waals surface area contributed by atoms with Gasteiger partial charge in [-0.3, -0.25) is 9.59 Å². The molecule has 182 valence electrons. The first kappa shape index (κ1) is 25.2. The van der Waals surface area contributed by atoms with Crippen LogP contribution in [0.3, 0.4) is 0 Å². The molecule has 0 amide bonds. The molecule has 3 rings (SSSR count). The molecule has 1 saturated heterocycles. The van der Waals surface area contributed by atoms with E-state index in [2.05, 4.69) is 13.8 Å². The fourth-order valence-electron chi connectivity index (χ4n) is 6.61. The second kappa shape index (κ2) is 9.08. The van der Waals surface area contributed by atoms with E-state index < -0.39 is 11.9 Å². The number of carbonyl (C=O) groups is 3. The zero-order valence-electron chi connectivity index (χ0n) is 21.0. The minimum atomic E-state index is -1.05. The van der Waals surface area contributed by atoms with Crippen molar-refractivity contribution in [3.8, 4) is 0 Å². The van der Waals surface area contributed by atoms with Crippen LogP contribution in [-0.2, 0) is 28.6 Å².